The van der Waals surface area contributed by atoms with Gasteiger partial charge in [-0.1, -0.05) is 50.2 Å². The molecule has 0 aliphatic carbocycles. The molecular weight excluding hydrogens is 292 g/mol. The van der Waals surface area contributed by atoms with Gasteiger partial charge in [0.1, 0.15) is 0 Å². The lowest BCUT2D eigenvalue weighted by Crippen LogP contribution is -2.13. The molecule has 0 fully saturated rings. The third-order valence-electron chi connectivity index (χ3n) is 3.39. The van der Waals surface area contributed by atoms with Gasteiger partial charge < -0.3 is 5.32 Å². The lowest BCUT2D eigenvalue weighted by molar-refractivity contribution is -0.116. The molecule has 1 aromatic heterocycles. The SMILES string of the molecule is CC(C)CC(=O)Nc1nc(-c2ccc3ccccc3c2)cs1. The van der Waals surface area contributed by atoms with Crippen LogP contribution in [0.4, 0.5) is 5.13 Å². The number of nitrogens with zero attached hydrogens (tertiary/aromatic N) is 1. The first kappa shape index (κ1) is 14.7. The number of benzene rings is 2. The highest BCUT2D eigenvalue weighted by Gasteiger charge is 2.09. The fourth-order valence-corrected chi connectivity index (χ4v) is 3.09. The lowest BCUT2D eigenvalue weighted by atomic mass is 10.1. The molecule has 1 amide bonds. The Balaban J connectivity index is 1.81. The van der Waals surface area contributed by atoms with Crippen LogP contribution >= 0.6 is 11.3 Å². The molecule has 0 radical (unpaired) electrons. The second-order valence-electron chi connectivity index (χ2n) is 5.75. The van der Waals surface area contributed by atoms with Crippen molar-refractivity contribution >= 4 is 33.1 Å². The van der Waals surface area contributed by atoms with Gasteiger partial charge in [-0.3, -0.25) is 4.79 Å². The average molecular weight is 310 g/mol. The summed E-state index contributed by atoms with van der Waals surface area (Å²) in [6, 6.07) is 14.6. The Hall–Kier alpha value is -2.20. The van der Waals surface area contributed by atoms with Crippen LogP contribution in [0.2, 0.25) is 0 Å². The molecular formula is C18H18N2OS. The minimum absolute atomic E-state index is 0.0226. The summed E-state index contributed by atoms with van der Waals surface area (Å²) in [6.07, 6.45) is 0.519. The van der Waals surface area contributed by atoms with Gasteiger partial charge in [0.05, 0.1) is 5.69 Å². The summed E-state index contributed by atoms with van der Waals surface area (Å²) in [7, 11) is 0. The summed E-state index contributed by atoms with van der Waals surface area (Å²) in [6.45, 7) is 4.06. The lowest BCUT2D eigenvalue weighted by Gasteiger charge is -2.04. The van der Waals surface area contributed by atoms with Crippen molar-refractivity contribution in [2.75, 3.05) is 5.32 Å². The number of thiazole rings is 1. The van der Waals surface area contributed by atoms with E-state index in [0.29, 0.717) is 17.5 Å². The van der Waals surface area contributed by atoms with Gasteiger partial charge in [-0.25, -0.2) is 4.98 Å². The number of aromatic nitrogens is 1. The Kier molecular flexibility index (Phi) is 4.20. The zero-order chi connectivity index (χ0) is 15.5. The fraction of sp³-hybridized carbons (Fsp3) is 0.222. The third kappa shape index (κ3) is 3.34. The molecule has 0 spiro atoms. The molecule has 0 bridgehead atoms. The molecule has 2 aromatic carbocycles. The minimum Gasteiger partial charge on any atom is -0.302 e. The predicted molar refractivity (Wildman–Crippen MR) is 93.1 cm³/mol. The number of fused-ring (bicyclic) bond motifs is 1. The minimum atomic E-state index is 0.0226. The van der Waals surface area contributed by atoms with Crippen molar-refractivity contribution in [3.05, 3.63) is 47.8 Å². The van der Waals surface area contributed by atoms with E-state index in [1.807, 2.05) is 31.4 Å². The molecule has 1 N–H and O–H groups in total. The molecule has 112 valence electrons. The molecule has 22 heavy (non-hydrogen) atoms. The highest BCUT2D eigenvalue weighted by molar-refractivity contribution is 7.14. The maximum atomic E-state index is 11.8. The Bertz CT molecular complexity index is 807. The Morgan fingerprint density at radius 3 is 2.73 bits per heavy atom. The molecule has 0 aliphatic heterocycles. The van der Waals surface area contributed by atoms with Crippen LogP contribution in [0.25, 0.3) is 22.0 Å². The van der Waals surface area contributed by atoms with E-state index in [-0.39, 0.29) is 5.91 Å². The summed E-state index contributed by atoms with van der Waals surface area (Å²) >= 11 is 1.46. The topological polar surface area (TPSA) is 42.0 Å². The summed E-state index contributed by atoms with van der Waals surface area (Å²) in [4.78, 5) is 16.3. The van der Waals surface area contributed by atoms with Crippen molar-refractivity contribution in [3.63, 3.8) is 0 Å². The van der Waals surface area contributed by atoms with Gasteiger partial charge in [-0.15, -0.1) is 11.3 Å². The normalized spacial score (nSPS) is 11.0. The molecule has 3 nitrogen and oxygen atoms in total. The molecule has 0 aliphatic rings. The zero-order valence-corrected chi connectivity index (χ0v) is 13.5. The number of hydrogen-bond donors (Lipinski definition) is 1. The quantitative estimate of drug-likeness (QED) is 0.741. The molecule has 0 saturated heterocycles. The summed E-state index contributed by atoms with van der Waals surface area (Å²) in [5, 5.41) is 7.92. The van der Waals surface area contributed by atoms with Crippen molar-refractivity contribution < 1.29 is 4.79 Å². The highest BCUT2D eigenvalue weighted by Crippen LogP contribution is 2.27. The van der Waals surface area contributed by atoms with Crippen LogP contribution in [-0.2, 0) is 4.79 Å². The Morgan fingerprint density at radius 1 is 1.18 bits per heavy atom. The van der Waals surface area contributed by atoms with Gasteiger partial charge in [-0.2, -0.15) is 0 Å². The van der Waals surface area contributed by atoms with Crippen LogP contribution in [0.1, 0.15) is 20.3 Å². The number of anilines is 1. The Labute approximate surface area is 134 Å². The maximum Gasteiger partial charge on any atom is 0.226 e. The van der Waals surface area contributed by atoms with Gasteiger partial charge >= 0.3 is 0 Å². The standard InChI is InChI=1S/C18H18N2OS/c1-12(2)9-17(21)20-18-19-16(11-22-18)15-8-7-13-5-3-4-6-14(13)10-15/h3-8,10-12H,9H2,1-2H3,(H,19,20,21). The molecule has 3 aromatic rings. The van der Waals surface area contributed by atoms with E-state index in [1.165, 1.54) is 22.1 Å². The van der Waals surface area contributed by atoms with Crippen LogP contribution in [0.5, 0.6) is 0 Å². The average Bonchev–Trinajstić information content (AvgIpc) is 2.94. The molecule has 3 rings (SSSR count). The van der Waals surface area contributed by atoms with E-state index in [9.17, 15) is 4.79 Å². The summed E-state index contributed by atoms with van der Waals surface area (Å²) in [5.41, 5.74) is 1.97. The molecule has 0 saturated carbocycles. The van der Waals surface area contributed by atoms with Gasteiger partial charge in [0.2, 0.25) is 5.91 Å². The van der Waals surface area contributed by atoms with Crippen molar-refractivity contribution in [2.45, 2.75) is 20.3 Å². The second kappa shape index (κ2) is 6.28. The van der Waals surface area contributed by atoms with Crippen LogP contribution < -0.4 is 5.32 Å². The number of rotatable bonds is 4. The number of carbonyl (C=O) groups is 1. The van der Waals surface area contributed by atoms with Crippen LogP contribution in [0.15, 0.2) is 47.8 Å². The monoisotopic (exact) mass is 310 g/mol. The van der Waals surface area contributed by atoms with Crippen LogP contribution in [0, 0.1) is 5.92 Å². The highest BCUT2D eigenvalue weighted by atomic mass is 32.1. The van der Waals surface area contributed by atoms with Crippen molar-refractivity contribution in [1.29, 1.82) is 0 Å². The van der Waals surface area contributed by atoms with Gasteiger partial charge in [0.15, 0.2) is 5.13 Å². The Morgan fingerprint density at radius 2 is 1.95 bits per heavy atom. The molecule has 0 atom stereocenters. The van der Waals surface area contributed by atoms with Gasteiger partial charge in [-0.05, 0) is 22.8 Å². The zero-order valence-electron chi connectivity index (χ0n) is 12.7. The smallest absolute Gasteiger partial charge is 0.226 e. The van der Waals surface area contributed by atoms with Crippen molar-refractivity contribution in [3.8, 4) is 11.3 Å². The summed E-state index contributed by atoms with van der Waals surface area (Å²) < 4.78 is 0. The van der Waals surface area contributed by atoms with E-state index in [2.05, 4.69) is 40.6 Å². The van der Waals surface area contributed by atoms with Crippen LogP contribution in [-0.4, -0.2) is 10.9 Å². The number of carbonyl (C=O) groups excluding carboxylic acids is 1. The van der Waals surface area contributed by atoms with Gasteiger partial charge in [0.25, 0.3) is 0 Å². The van der Waals surface area contributed by atoms with E-state index in [0.717, 1.165) is 11.3 Å². The van der Waals surface area contributed by atoms with E-state index in [4.69, 9.17) is 0 Å². The second-order valence-corrected chi connectivity index (χ2v) is 6.60. The van der Waals surface area contributed by atoms with Crippen molar-refractivity contribution in [2.24, 2.45) is 5.92 Å². The van der Waals surface area contributed by atoms with E-state index < -0.39 is 0 Å². The number of amides is 1. The first-order valence-electron chi connectivity index (χ1n) is 7.36. The molecule has 4 heteroatoms. The van der Waals surface area contributed by atoms with Crippen LogP contribution in [0.3, 0.4) is 0 Å². The van der Waals surface area contributed by atoms with E-state index in [1.54, 1.807) is 0 Å². The number of nitrogens with one attached hydrogen (secondary N) is 1. The third-order valence-corrected chi connectivity index (χ3v) is 4.15. The van der Waals surface area contributed by atoms with Gasteiger partial charge in [0, 0.05) is 17.4 Å². The summed E-state index contributed by atoms with van der Waals surface area (Å²) in [5.74, 6) is 0.370. The number of hydrogen-bond acceptors (Lipinski definition) is 3. The maximum absolute atomic E-state index is 11.8. The first-order chi connectivity index (χ1) is 10.6. The molecule has 1 heterocycles. The van der Waals surface area contributed by atoms with E-state index >= 15 is 0 Å². The first-order valence-corrected chi connectivity index (χ1v) is 8.24. The molecule has 0 unspecified atom stereocenters. The van der Waals surface area contributed by atoms with Crippen molar-refractivity contribution in [1.82, 2.24) is 4.98 Å². The predicted octanol–water partition coefficient (Wildman–Crippen LogP) is 4.95. The fourth-order valence-electron chi connectivity index (χ4n) is 2.35. The largest absolute Gasteiger partial charge is 0.302 e.